The van der Waals surface area contributed by atoms with E-state index in [9.17, 15) is 0 Å². The molecule has 0 spiro atoms. The summed E-state index contributed by atoms with van der Waals surface area (Å²) in [6, 6.07) is 10.8. The van der Waals surface area contributed by atoms with E-state index in [1.807, 2.05) is 6.07 Å². The van der Waals surface area contributed by atoms with Crippen LogP contribution in [0.15, 0.2) is 34.8 Å². The molecule has 17 heavy (non-hydrogen) atoms. The molecule has 1 aromatic carbocycles. The molecule has 0 radical (unpaired) electrons. The van der Waals surface area contributed by atoms with Crippen LogP contribution in [0.5, 0.6) is 0 Å². The summed E-state index contributed by atoms with van der Waals surface area (Å²) in [5.74, 6) is 0.893. The summed E-state index contributed by atoms with van der Waals surface area (Å²) < 4.78 is 0.850. The zero-order valence-electron chi connectivity index (χ0n) is 8.68. The molecule has 84 valence electrons. The van der Waals surface area contributed by atoms with Gasteiger partial charge in [-0.05, 0) is 30.3 Å². The summed E-state index contributed by atoms with van der Waals surface area (Å²) in [5, 5.41) is 19.6. The van der Waals surface area contributed by atoms with Crippen molar-refractivity contribution in [2.75, 3.05) is 11.1 Å². The summed E-state index contributed by atoms with van der Waals surface area (Å²) in [4.78, 5) is 0. The minimum atomic E-state index is 0.354. The highest BCUT2D eigenvalue weighted by molar-refractivity contribution is 9.10. The molecule has 0 unspecified atom stereocenters. The monoisotopic (exact) mass is 289 g/mol. The molecule has 3 N–H and O–H groups in total. The van der Waals surface area contributed by atoms with Crippen LogP contribution in [0.2, 0.25) is 0 Å². The first-order valence-corrected chi connectivity index (χ1v) is 5.54. The van der Waals surface area contributed by atoms with Gasteiger partial charge < -0.3 is 11.1 Å². The van der Waals surface area contributed by atoms with E-state index in [-0.39, 0.29) is 0 Å². The Balaban J connectivity index is 2.30. The molecule has 0 fully saturated rings. The maximum absolute atomic E-state index is 9.00. The first kappa shape index (κ1) is 11.4. The lowest BCUT2D eigenvalue weighted by Crippen LogP contribution is -1.99. The average Bonchev–Trinajstić information content (AvgIpc) is 2.34. The Morgan fingerprint density at radius 3 is 2.71 bits per heavy atom. The van der Waals surface area contributed by atoms with Crippen LogP contribution in [0.3, 0.4) is 0 Å². The fourth-order valence-electron chi connectivity index (χ4n) is 1.27. The third kappa shape index (κ3) is 2.71. The third-order valence-electron chi connectivity index (χ3n) is 2.05. The Bertz CT molecular complexity index is 573. The van der Waals surface area contributed by atoms with E-state index in [4.69, 9.17) is 11.0 Å². The van der Waals surface area contributed by atoms with E-state index in [1.54, 1.807) is 24.3 Å². The van der Waals surface area contributed by atoms with Crippen LogP contribution < -0.4 is 11.1 Å². The Hall–Kier alpha value is -2.13. The zero-order valence-corrected chi connectivity index (χ0v) is 10.3. The number of anilines is 3. The topological polar surface area (TPSA) is 87.6 Å². The second kappa shape index (κ2) is 4.80. The van der Waals surface area contributed by atoms with Crippen LogP contribution >= 0.6 is 15.9 Å². The maximum Gasteiger partial charge on any atom is 0.153 e. The predicted molar refractivity (Wildman–Crippen MR) is 68.6 cm³/mol. The van der Waals surface area contributed by atoms with Crippen molar-refractivity contribution in [2.45, 2.75) is 0 Å². The van der Waals surface area contributed by atoms with Crippen molar-refractivity contribution in [2.24, 2.45) is 0 Å². The number of nitrogens with two attached hydrogens (primary N) is 1. The first-order chi connectivity index (χ1) is 8.19. The lowest BCUT2D eigenvalue weighted by molar-refractivity contribution is 1.05. The number of hydrogen-bond acceptors (Lipinski definition) is 5. The van der Waals surface area contributed by atoms with Crippen LogP contribution in [0.1, 0.15) is 5.56 Å². The van der Waals surface area contributed by atoms with Crippen molar-refractivity contribution in [3.63, 3.8) is 0 Å². The summed E-state index contributed by atoms with van der Waals surface area (Å²) in [5.41, 5.74) is 6.64. The lowest BCUT2D eigenvalue weighted by Gasteiger charge is -2.06. The molecule has 0 saturated carbocycles. The second-order valence-corrected chi connectivity index (χ2v) is 4.19. The normalized spacial score (nSPS) is 9.65. The van der Waals surface area contributed by atoms with Gasteiger partial charge in [-0.1, -0.05) is 15.9 Å². The Morgan fingerprint density at radius 2 is 2.06 bits per heavy atom. The second-order valence-electron chi connectivity index (χ2n) is 3.27. The molecule has 5 nitrogen and oxygen atoms in total. The van der Waals surface area contributed by atoms with Crippen LogP contribution in [-0.4, -0.2) is 10.2 Å². The molecule has 0 atom stereocenters. The summed E-state index contributed by atoms with van der Waals surface area (Å²) in [7, 11) is 0. The van der Waals surface area contributed by atoms with Gasteiger partial charge in [-0.2, -0.15) is 5.26 Å². The standard InChI is InChI=1S/C11H8BrN5/c12-8-1-2-9(7(5-8)6-13)15-11-4-3-10(14)16-17-11/h1-5H,(H2,14,16)(H,15,17). The zero-order chi connectivity index (χ0) is 12.3. The van der Waals surface area contributed by atoms with Crippen LogP contribution in [0, 0.1) is 11.3 Å². The molecule has 0 saturated heterocycles. The minimum Gasteiger partial charge on any atom is -0.382 e. The van der Waals surface area contributed by atoms with Gasteiger partial charge in [-0.25, -0.2) is 0 Å². The molecule has 0 bridgehead atoms. The van der Waals surface area contributed by atoms with Gasteiger partial charge in [0.1, 0.15) is 11.9 Å². The molecular weight excluding hydrogens is 282 g/mol. The van der Waals surface area contributed by atoms with E-state index >= 15 is 0 Å². The fraction of sp³-hybridized carbons (Fsp3) is 0. The van der Waals surface area contributed by atoms with Crippen molar-refractivity contribution in [1.82, 2.24) is 10.2 Å². The Labute approximate surface area is 106 Å². The van der Waals surface area contributed by atoms with Crippen molar-refractivity contribution in [1.29, 1.82) is 5.26 Å². The van der Waals surface area contributed by atoms with E-state index < -0.39 is 0 Å². The van der Waals surface area contributed by atoms with Crippen LogP contribution in [-0.2, 0) is 0 Å². The molecule has 6 heteroatoms. The highest BCUT2D eigenvalue weighted by atomic mass is 79.9. The van der Waals surface area contributed by atoms with Crippen molar-refractivity contribution < 1.29 is 0 Å². The number of nitrogens with zero attached hydrogens (tertiary/aromatic N) is 3. The largest absolute Gasteiger partial charge is 0.382 e. The van der Waals surface area contributed by atoms with Gasteiger partial charge in [0.15, 0.2) is 5.82 Å². The predicted octanol–water partition coefficient (Wildman–Crippen LogP) is 2.44. The van der Waals surface area contributed by atoms with Gasteiger partial charge >= 0.3 is 0 Å². The van der Waals surface area contributed by atoms with Gasteiger partial charge in [-0.3, -0.25) is 0 Å². The van der Waals surface area contributed by atoms with Gasteiger partial charge in [0.05, 0.1) is 11.3 Å². The SMILES string of the molecule is N#Cc1cc(Br)ccc1Nc1ccc(N)nn1. The van der Waals surface area contributed by atoms with Gasteiger partial charge in [-0.15, -0.1) is 10.2 Å². The van der Waals surface area contributed by atoms with E-state index in [1.165, 1.54) is 0 Å². The third-order valence-corrected chi connectivity index (χ3v) is 2.54. The van der Waals surface area contributed by atoms with E-state index in [0.717, 1.165) is 4.47 Å². The number of rotatable bonds is 2. The quantitative estimate of drug-likeness (QED) is 0.887. The molecule has 1 aromatic heterocycles. The Morgan fingerprint density at radius 1 is 1.24 bits per heavy atom. The Kier molecular flexibility index (Phi) is 3.21. The lowest BCUT2D eigenvalue weighted by atomic mass is 10.2. The van der Waals surface area contributed by atoms with Gasteiger partial charge in [0, 0.05) is 4.47 Å². The molecule has 0 amide bonds. The number of aromatic nitrogens is 2. The van der Waals surface area contributed by atoms with E-state index in [2.05, 4.69) is 37.5 Å². The number of hydrogen-bond donors (Lipinski definition) is 2. The number of benzene rings is 1. The van der Waals surface area contributed by atoms with E-state index in [0.29, 0.717) is 22.9 Å². The molecule has 1 heterocycles. The maximum atomic E-state index is 9.00. The summed E-state index contributed by atoms with van der Waals surface area (Å²) >= 11 is 3.31. The molecule has 0 aliphatic rings. The fourth-order valence-corrected chi connectivity index (χ4v) is 1.63. The highest BCUT2D eigenvalue weighted by Crippen LogP contribution is 2.22. The molecule has 0 aliphatic heterocycles. The highest BCUT2D eigenvalue weighted by Gasteiger charge is 2.04. The number of nitriles is 1. The van der Waals surface area contributed by atoms with Crippen molar-refractivity contribution >= 4 is 33.3 Å². The van der Waals surface area contributed by atoms with Crippen molar-refractivity contribution in [3.05, 3.63) is 40.4 Å². The van der Waals surface area contributed by atoms with Gasteiger partial charge in [0.2, 0.25) is 0 Å². The smallest absolute Gasteiger partial charge is 0.153 e. The molecule has 2 rings (SSSR count). The minimum absolute atomic E-state index is 0.354. The number of nitrogen functional groups attached to an aromatic ring is 1. The average molecular weight is 290 g/mol. The molecular formula is C11H8BrN5. The molecule has 0 aliphatic carbocycles. The number of nitrogens with one attached hydrogen (secondary N) is 1. The van der Waals surface area contributed by atoms with Crippen LogP contribution in [0.4, 0.5) is 17.3 Å². The molecule has 2 aromatic rings. The van der Waals surface area contributed by atoms with Crippen LogP contribution in [0.25, 0.3) is 0 Å². The first-order valence-electron chi connectivity index (χ1n) is 4.75. The van der Waals surface area contributed by atoms with Crippen molar-refractivity contribution in [3.8, 4) is 6.07 Å². The number of halogens is 1. The van der Waals surface area contributed by atoms with Gasteiger partial charge in [0.25, 0.3) is 0 Å². The summed E-state index contributed by atoms with van der Waals surface area (Å²) in [6.07, 6.45) is 0. The summed E-state index contributed by atoms with van der Waals surface area (Å²) in [6.45, 7) is 0.